The molecular formula is C27H26N2O4S. The van der Waals surface area contributed by atoms with Gasteiger partial charge >= 0.3 is 0 Å². The highest BCUT2D eigenvalue weighted by Gasteiger charge is 2.36. The molecule has 0 bridgehead atoms. The lowest BCUT2D eigenvalue weighted by atomic mass is 10.0. The summed E-state index contributed by atoms with van der Waals surface area (Å²) in [6.07, 6.45) is 0.417. The van der Waals surface area contributed by atoms with E-state index in [9.17, 15) is 13.2 Å². The number of carbonyl (C=O) groups is 1. The fourth-order valence-electron chi connectivity index (χ4n) is 4.56. The first kappa shape index (κ1) is 22.3. The summed E-state index contributed by atoms with van der Waals surface area (Å²) in [5.74, 6) is 0.235. The van der Waals surface area contributed by atoms with Crippen LogP contribution in [0.15, 0.2) is 71.3 Å². The monoisotopic (exact) mass is 474 g/mol. The quantitative estimate of drug-likeness (QED) is 0.409. The maximum absolute atomic E-state index is 13.7. The van der Waals surface area contributed by atoms with Crippen molar-refractivity contribution in [3.05, 3.63) is 89.1 Å². The number of rotatable bonds is 5. The molecule has 1 aliphatic heterocycles. The van der Waals surface area contributed by atoms with E-state index < -0.39 is 15.9 Å². The van der Waals surface area contributed by atoms with Crippen LogP contribution in [0.3, 0.4) is 0 Å². The van der Waals surface area contributed by atoms with Gasteiger partial charge in [0.2, 0.25) is 0 Å². The number of benzene rings is 3. The molecule has 1 atom stereocenters. The third kappa shape index (κ3) is 4.35. The van der Waals surface area contributed by atoms with Crippen LogP contribution in [0.2, 0.25) is 0 Å². The molecule has 1 unspecified atom stereocenters. The van der Waals surface area contributed by atoms with Crippen LogP contribution in [0.25, 0.3) is 22.1 Å². The third-order valence-corrected chi connectivity index (χ3v) is 8.40. The van der Waals surface area contributed by atoms with Crippen LogP contribution in [0.4, 0.5) is 0 Å². The normalized spacial score (nSPS) is 17.2. The van der Waals surface area contributed by atoms with Gasteiger partial charge in [-0.05, 0) is 53.8 Å². The standard InChI is InChI=1S/C27H26N2O4S/c1-18-10-11-21(14-19(18)2)26-15-25(28-33-26)27(30)29(23-12-13-34(31,32)17-23)16-22-8-5-7-20-6-3-4-9-24(20)22/h3-11,14-15,23H,12-13,16-17H2,1-2H3. The van der Waals surface area contributed by atoms with Crippen molar-refractivity contribution in [2.45, 2.75) is 32.9 Å². The van der Waals surface area contributed by atoms with E-state index in [1.54, 1.807) is 11.0 Å². The molecule has 2 heterocycles. The van der Waals surface area contributed by atoms with Gasteiger partial charge in [0, 0.05) is 24.2 Å². The highest BCUT2D eigenvalue weighted by molar-refractivity contribution is 7.91. The first-order chi connectivity index (χ1) is 16.3. The average Bonchev–Trinajstić information content (AvgIpc) is 3.45. The molecule has 1 fully saturated rings. The smallest absolute Gasteiger partial charge is 0.276 e. The number of hydrogen-bond acceptors (Lipinski definition) is 5. The molecule has 1 amide bonds. The number of amides is 1. The van der Waals surface area contributed by atoms with Gasteiger partial charge < -0.3 is 9.42 Å². The van der Waals surface area contributed by atoms with E-state index in [0.717, 1.165) is 27.5 Å². The van der Waals surface area contributed by atoms with Gasteiger partial charge in [0.1, 0.15) is 0 Å². The molecule has 1 saturated heterocycles. The summed E-state index contributed by atoms with van der Waals surface area (Å²) < 4.78 is 30.0. The van der Waals surface area contributed by atoms with Gasteiger partial charge in [0.15, 0.2) is 21.3 Å². The van der Waals surface area contributed by atoms with Crippen LogP contribution in [-0.2, 0) is 16.4 Å². The Morgan fingerprint density at radius 2 is 1.82 bits per heavy atom. The predicted molar refractivity (Wildman–Crippen MR) is 132 cm³/mol. The summed E-state index contributed by atoms with van der Waals surface area (Å²) in [7, 11) is -3.18. The highest BCUT2D eigenvalue weighted by atomic mass is 32.2. The molecule has 0 saturated carbocycles. The fraction of sp³-hybridized carbons (Fsp3) is 0.259. The van der Waals surface area contributed by atoms with Crippen molar-refractivity contribution in [3.63, 3.8) is 0 Å². The number of fused-ring (bicyclic) bond motifs is 1. The summed E-state index contributed by atoms with van der Waals surface area (Å²) in [6, 6.07) is 21.1. The molecule has 7 heteroatoms. The minimum Gasteiger partial charge on any atom is -0.355 e. The van der Waals surface area contributed by atoms with Crippen LogP contribution >= 0.6 is 0 Å². The van der Waals surface area contributed by atoms with E-state index in [0.29, 0.717) is 18.7 Å². The van der Waals surface area contributed by atoms with Crippen LogP contribution in [-0.4, -0.2) is 41.9 Å². The Hall–Kier alpha value is -3.45. The molecule has 174 valence electrons. The fourth-order valence-corrected chi connectivity index (χ4v) is 6.29. The lowest BCUT2D eigenvalue weighted by Gasteiger charge is -2.28. The van der Waals surface area contributed by atoms with E-state index in [2.05, 4.69) is 5.16 Å². The SMILES string of the molecule is Cc1ccc(-c2cc(C(=O)N(Cc3cccc4ccccc34)C3CCS(=O)(=O)C3)no2)cc1C. The van der Waals surface area contributed by atoms with Gasteiger partial charge in [-0.2, -0.15) is 0 Å². The Balaban J connectivity index is 1.50. The number of hydrogen-bond donors (Lipinski definition) is 0. The van der Waals surface area contributed by atoms with Crippen LogP contribution in [0.1, 0.15) is 33.6 Å². The lowest BCUT2D eigenvalue weighted by molar-refractivity contribution is 0.0671. The summed E-state index contributed by atoms with van der Waals surface area (Å²) >= 11 is 0. The largest absolute Gasteiger partial charge is 0.355 e. The zero-order valence-electron chi connectivity index (χ0n) is 19.2. The van der Waals surface area contributed by atoms with E-state index in [1.165, 1.54) is 5.56 Å². The van der Waals surface area contributed by atoms with Crippen LogP contribution in [0.5, 0.6) is 0 Å². The predicted octanol–water partition coefficient (Wildman–Crippen LogP) is 4.94. The summed E-state index contributed by atoms with van der Waals surface area (Å²) in [5.41, 5.74) is 4.28. The molecule has 3 aromatic carbocycles. The van der Waals surface area contributed by atoms with Crippen molar-refractivity contribution in [1.29, 1.82) is 0 Å². The molecule has 0 N–H and O–H groups in total. The Bertz CT molecular complexity index is 1480. The Labute approximate surface area is 199 Å². The van der Waals surface area contributed by atoms with E-state index in [-0.39, 0.29) is 23.1 Å². The zero-order chi connectivity index (χ0) is 23.9. The molecular weight excluding hydrogens is 448 g/mol. The van der Waals surface area contributed by atoms with Crippen molar-refractivity contribution in [2.24, 2.45) is 0 Å². The van der Waals surface area contributed by atoms with Gasteiger partial charge in [0.25, 0.3) is 5.91 Å². The minimum atomic E-state index is -3.18. The Morgan fingerprint density at radius 1 is 1.03 bits per heavy atom. The summed E-state index contributed by atoms with van der Waals surface area (Å²) in [6.45, 7) is 4.36. The molecule has 0 aliphatic carbocycles. The highest BCUT2D eigenvalue weighted by Crippen LogP contribution is 2.28. The van der Waals surface area contributed by atoms with Gasteiger partial charge in [-0.3, -0.25) is 4.79 Å². The maximum atomic E-state index is 13.7. The van der Waals surface area contributed by atoms with Crippen LogP contribution in [0, 0.1) is 13.8 Å². The molecule has 5 rings (SSSR count). The molecule has 1 aliphatic rings. The van der Waals surface area contributed by atoms with Gasteiger partial charge in [-0.1, -0.05) is 59.8 Å². The Morgan fingerprint density at radius 3 is 2.59 bits per heavy atom. The lowest BCUT2D eigenvalue weighted by Crippen LogP contribution is -2.40. The second-order valence-electron chi connectivity index (χ2n) is 9.00. The molecule has 0 radical (unpaired) electrons. The number of aromatic nitrogens is 1. The first-order valence-corrected chi connectivity index (χ1v) is 13.2. The second-order valence-corrected chi connectivity index (χ2v) is 11.2. The number of nitrogens with zero attached hydrogens (tertiary/aromatic N) is 2. The van der Waals surface area contributed by atoms with E-state index in [4.69, 9.17) is 4.52 Å². The van der Waals surface area contributed by atoms with Gasteiger partial charge in [0.05, 0.1) is 11.5 Å². The molecule has 0 spiro atoms. The zero-order valence-corrected chi connectivity index (χ0v) is 20.0. The summed E-state index contributed by atoms with van der Waals surface area (Å²) in [4.78, 5) is 15.3. The Kier molecular flexibility index (Phi) is 5.73. The van der Waals surface area contributed by atoms with Crippen molar-refractivity contribution in [1.82, 2.24) is 10.1 Å². The second kappa shape index (κ2) is 8.72. The molecule has 34 heavy (non-hydrogen) atoms. The molecule has 6 nitrogen and oxygen atoms in total. The van der Waals surface area contributed by atoms with Crippen molar-refractivity contribution in [2.75, 3.05) is 11.5 Å². The van der Waals surface area contributed by atoms with Crippen LogP contribution < -0.4 is 0 Å². The number of carbonyl (C=O) groups excluding carboxylic acids is 1. The molecule has 4 aromatic rings. The maximum Gasteiger partial charge on any atom is 0.276 e. The minimum absolute atomic E-state index is 0.0363. The number of aryl methyl sites for hydroxylation is 2. The van der Waals surface area contributed by atoms with Crippen molar-refractivity contribution < 1.29 is 17.7 Å². The molecule has 1 aromatic heterocycles. The number of sulfone groups is 1. The van der Waals surface area contributed by atoms with E-state index in [1.807, 2.05) is 74.5 Å². The van der Waals surface area contributed by atoms with Crippen molar-refractivity contribution in [3.8, 4) is 11.3 Å². The van der Waals surface area contributed by atoms with Gasteiger partial charge in [-0.15, -0.1) is 0 Å². The third-order valence-electron chi connectivity index (χ3n) is 6.65. The summed E-state index contributed by atoms with van der Waals surface area (Å²) in [5, 5.41) is 6.18. The first-order valence-electron chi connectivity index (χ1n) is 11.3. The van der Waals surface area contributed by atoms with E-state index >= 15 is 0 Å². The average molecular weight is 475 g/mol. The van der Waals surface area contributed by atoms with Crippen molar-refractivity contribution >= 4 is 26.5 Å². The topological polar surface area (TPSA) is 80.5 Å². The van der Waals surface area contributed by atoms with Gasteiger partial charge in [-0.25, -0.2) is 8.42 Å².